The third kappa shape index (κ3) is 6.54. The van der Waals surface area contributed by atoms with Gasteiger partial charge in [-0.1, -0.05) is 6.07 Å². The molecule has 2 aromatic heterocycles. The predicted octanol–water partition coefficient (Wildman–Crippen LogP) is 3.75. The second-order valence-electron chi connectivity index (χ2n) is 8.60. The third-order valence-electron chi connectivity index (χ3n) is 5.74. The van der Waals surface area contributed by atoms with E-state index < -0.39 is 27.7 Å². The first-order valence-corrected chi connectivity index (χ1v) is 12.8. The molecule has 0 bridgehead atoms. The summed E-state index contributed by atoms with van der Waals surface area (Å²) in [6.07, 6.45) is -0.879. The molecule has 1 amide bonds. The van der Waals surface area contributed by atoms with Crippen LogP contribution in [-0.4, -0.2) is 43.5 Å². The smallest absolute Gasteiger partial charge is 0.416 e. The van der Waals surface area contributed by atoms with Crippen LogP contribution in [0.1, 0.15) is 34.3 Å². The maximum absolute atomic E-state index is 13.1. The van der Waals surface area contributed by atoms with Crippen LogP contribution in [0.5, 0.6) is 5.75 Å². The Bertz CT molecular complexity index is 1410. The first-order valence-electron chi connectivity index (χ1n) is 11.3. The normalized spacial score (nSPS) is 14.9. The third-order valence-corrected chi connectivity index (χ3v) is 6.54. The van der Waals surface area contributed by atoms with Gasteiger partial charge in [0, 0.05) is 50.1 Å². The number of nitrogens with one attached hydrogen (secondary N) is 1. The van der Waals surface area contributed by atoms with E-state index in [1.807, 2.05) is 4.90 Å². The number of nitrogens with zero attached hydrogens (tertiary/aromatic N) is 3. The molecule has 1 aliphatic rings. The summed E-state index contributed by atoms with van der Waals surface area (Å²) in [7, 11) is -4.05. The number of anilines is 2. The highest BCUT2D eigenvalue weighted by molar-refractivity contribution is 7.89. The number of sulfonamides is 1. The van der Waals surface area contributed by atoms with E-state index in [4.69, 9.17) is 9.88 Å². The first-order chi connectivity index (χ1) is 17.4. The Labute approximate surface area is 211 Å². The first kappa shape index (κ1) is 26.4. The van der Waals surface area contributed by atoms with E-state index >= 15 is 0 Å². The minimum absolute atomic E-state index is 0.151. The SMILES string of the molecule is Cc1cnc(N2CCC(Oc3cccc(C(F)(F)F)c3)CC2)c(C(=O)Nc2ccnc(S(N)(=O)=O)c2)c1. The topological polar surface area (TPSA) is 128 Å². The molecule has 0 atom stereocenters. The quantitative estimate of drug-likeness (QED) is 0.492. The Morgan fingerprint density at radius 3 is 2.54 bits per heavy atom. The highest BCUT2D eigenvalue weighted by Gasteiger charge is 2.31. The Hall–Kier alpha value is -3.71. The maximum atomic E-state index is 13.1. The molecule has 1 fully saturated rings. The molecule has 9 nitrogen and oxygen atoms in total. The lowest BCUT2D eigenvalue weighted by Gasteiger charge is -2.34. The van der Waals surface area contributed by atoms with Crippen LogP contribution < -0.4 is 20.1 Å². The van der Waals surface area contributed by atoms with E-state index in [-0.39, 0.29) is 28.1 Å². The van der Waals surface area contributed by atoms with Crippen molar-refractivity contribution in [2.75, 3.05) is 23.3 Å². The Kier molecular flexibility index (Phi) is 7.37. The number of carbonyl (C=O) groups is 1. The van der Waals surface area contributed by atoms with Crippen molar-refractivity contribution in [1.29, 1.82) is 0 Å². The van der Waals surface area contributed by atoms with Gasteiger partial charge in [-0.25, -0.2) is 23.5 Å². The van der Waals surface area contributed by atoms with E-state index in [1.165, 1.54) is 24.4 Å². The number of halogens is 3. The van der Waals surface area contributed by atoms with E-state index in [0.29, 0.717) is 31.7 Å². The summed E-state index contributed by atoms with van der Waals surface area (Å²) in [4.78, 5) is 23.2. The molecule has 4 rings (SSSR count). The van der Waals surface area contributed by atoms with E-state index in [2.05, 4.69) is 15.3 Å². The van der Waals surface area contributed by atoms with Gasteiger partial charge in [-0.15, -0.1) is 0 Å². The van der Waals surface area contributed by atoms with Crippen LogP contribution in [0.2, 0.25) is 0 Å². The number of piperidine rings is 1. The Morgan fingerprint density at radius 1 is 1.14 bits per heavy atom. The highest BCUT2D eigenvalue weighted by Crippen LogP contribution is 2.32. The van der Waals surface area contributed by atoms with Gasteiger partial charge < -0.3 is 15.0 Å². The molecule has 3 heterocycles. The minimum atomic E-state index is -4.45. The highest BCUT2D eigenvalue weighted by atomic mass is 32.2. The molecule has 13 heteroatoms. The van der Waals surface area contributed by atoms with Crippen LogP contribution in [0.3, 0.4) is 0 Å². The molecule has 0 unspecified atom stereocenters. The van der Waals surface area contributed by atoms with Crippen LogP contribution in [0, 0.1) is 6.92 Å². The number of aromatic nitrogens is 2. The number of pyridine rings is 2. The maximum Gasteiger partial charge on any atom is 0.416 e. The molecule has 0 aliphatic carbocycles. The fourth-order valence-electron chi connectivity index (χ4n) is 3.95. The molecule has 1 aliphatic heterocycles. The number of alkyl halides is 3. The van der Waals surface area contributed by atoms with Crippen molar-refractivity contribution in [3.63, 3.8) is 0 Å². The van der Waals surface area contributed by atoms with Gasteiger partial charge in [0.1, 0.15) is 17.7 Å². The summed E-state index contributed by atoms with van der Waals surface area (Å²) in [5, 5.41) is 7.39. The zero-order valence-electron chi connectivity index (χ0n) is 19.7. The molecule has 37 heavy (non-hydrogen) atoms. The van der Waals surface area contributed by atoms with Crippen molar-refractivity contribution in [3.05, 3.63) is 71.5 Å². The van der Waals surface area contributed by atoms with Gasteiger partial charge in [0.05, 0.1) is 11.1 Å². The number of hydrogen-bond acceptors (Lipinski definition) is 7. The molecular weight excluding hydrogens is 511 g/mol. The van der Waals surface area contributed by atoms with Crippen molar-refractivity contribution < 1.29 is 31.1 Å². The lowest BCUT2D eigenvalue weighted by atomic mass is 10.1. The zero-order valence-corrected chi connectivity index (χ0v) is 20.5. The van der Waals surface area contributed by atoms with Crippen LogP contribution in [0.4, 0.5) is 24.7 Å². The van der Waals surface area contributed by atoms with Gasteiger partial charge in [-0.05, 0) is 42.8 Å². The van der Waals surface area contributed by atoms with Gasteiger partial charge >= 0.3 is 6.18 Å². The van der Waals surface area contributed by atoms with Gasteiger partial charge in [-0.2, -0.15) is 13.2 Å². The number of rotatable bonds is 6. The van der Waals surface area contributed by atoms with Crippen LogP contribution in [0.25, 0.3) is 0 Å². The average Bonchev–Trinajstić information content (AvgIpc) is 2.84. The number of carbonyl (C=O) groups excluding carboxylic acids is 1. The standard InChI is InChI=1S/C24H24F3N5O4S/c1-15-11-20(23(33)31-17-5-8-29-21(13-17)37(28,34)35)22(30-14-15)32-9-6-18(7-10-32)36-19-4-2-3-16(12-19)24(25,26)27/h2-5,8,11-14,18H,6-7,9-10H2,1H3,(H2,28,34,35)(H,29,31,33). The number of hydrogen-bond donors (Lipinski definition) is 2. The molecule has 3 aromatic rings. The molecule has 1 saturated heterocycles. The monoisotopic (exact) mass is 535 g/mol. The van der Waals surface area contributed by atoms with Crippen molar-refractivity contribution in [1.82, 2.24) is 9.97 Å². The number of benzene rings is 1. The zero-order chi connectivity index (χ0) is 26.8. The molecule has 3 N–H and O–H groups in total. The number of aryl methyl sites for hydroxylation is 1. The van der Waals surface area contributed by atoms with Gasteiger partial charge in [0.15, 0.2) is 5.03 Å². The molecule has 0 radical (unpaired) electrons. The second-order valence-corrected chi connectivity index (χ2v) is 10.1. The summed E-state index contributed by atoms with van der Waals surface area (Å²) in [5.41, 5.74) is 0.458. The lowest BCUT2D eigenvalue weighted by molar-refractivity contribution is -0.137. The molecule has 196 valence electrons. The number of amides is 1. The molecule has 1 aromatic carbocycles. The van der Waals surface area contributed by atoms with Crippen LogP contribution >= 0.6 is 0 Å². The lowest BCUT2D eigenvalue weighted by Crippen LogP contribution is -2.39. The summed E-state index contributed by atoms with van der Waals surface area (Å²) < 4.78 is 67.9. The molecule has 0 saturated carbocycles. The number of ether oxygens (including phenoxy) is 1. The van der Waals surface area contributed by atoms with Gasteiger partial charge in [-0.3, -0.25) is 4.79 Å². The number of primary sulfonamides is 1. The fourth-order valence-corrected chi connectivity index (χ4v) is 4.44. The Morgan fingerprint density at radius 2 is 1.86 bits per heavy atom. The van der Waals surface area contributed by atoms with Crippen molar-refractivity contribution >= 4 is 27.4 Å². The Balaban J connectivity index is 1.46. The molecular formula is C24H24F3N5O4S. The summed E-state index contributed by atoms with van der Waals surface area (Å²) in [5.74, 6) is 0.0828. The summed E-state index contributed by atoms with van der Waals surface area (Å²) in [6.45, 7) is 2.71. The van der Waals surface area contributed by atoms with Gasteiger partial charge in [0.2, 0.25) is 0 Å². The predicted molar refractivity (Wildman–Crippen MR) is 130 cm³/mol. The second kappa shape index (κ2) is 10.3. The number of nitrogens with two attached hydrogens (primary N) is 1. The van der Waals surface area contributed by atoms with Crippen molar-refractivity contribution in [2.24, 2.45) is 5.14 Å². The molecule has 0 spiro atoms. The summed E-state index contributed by atoms with van der Waals surface area (Å²) >= 11 is 0. The van der Waals surface area contributed by atoms with Crippen LogP contribution in [-0.2, 0) is 16.2 Å². The van der Waals surface area contributed by atoms with E-state index in [1.54, 1.807) is 19.2 Å². The van der Waals surface area contributed by atoms with Crippen molar-refractivity contribution in [3.8, 4) is 5.75 Å². The largest absolute Gasteiger partial charge is 0.490 e. The van der Waals surface area contributed by atoms with Crippen molar-refractivity contribution in [2.45, 2.75) is 37.1 Å². The van der Waals surface area contributed by atoms with Gasteiger partial charge in [0.25, 0.3) is 15.9 Å². The van der Waals surface area contributed by atoms with E-state index in [0.717, 1.165) is 23.8 Å². The fraction of sp³-hybridized carbons (Fsp3) is 0.292. The van der Waals surface area contributed by atoms with E-state index in [9.17, 15) is 26.4 Å². The van der Waals surface area contributed by atoms with Crippen LogP contribution in [0.15, 0.2) is 59.9 Å². The average molecular weight is 536 g/mol. The minimum Gasteiger partial charge on any atom is -0.490 e. The summed E-state index contributed by atoms with van der Waals surface area (Å²) in [6, 6.07) is 9.04.